The number of benzene rings is 1. The average molecular weight is 453 g/mol. The zero-order valence-electron chi connectivity index (χ0n) is 15.8. The van der Waals surface area contributed by atoms with Crippen LogP contribution >= 0.6 is 47.0 Å². The smallest absolute Gasteiger partial charge is 0.228 e. The van der Waals surface area contributed by atoms with E-state index in [-0.39, 0.29) is 11.0 Å². The average Bonchev–Trinajstić information content (AvgIpc) is 2.56. The molecule has 0 heterocycles. The van der Waals surface area contributed by atoms with Crippen LogP contribution < -0.4 is 16.0 Å². The van der Waals surface area contributed by atoms with Crippen LogP contribution in [0.2, 0.25) is 0 Å². The van der Waals surface area contributed by atoms with E-state index in [1.165, 1.54) is 19.3 Å². The molecule has 3 N–H and O–H groups in total. The van der Waals surface area contributed by atoms with Crippen molar-refractivity contribution in [2.75, 3.05) is 5.32 Å². The second kappa shape index (κ2) is 12.7. The number of amides is 1. The van der Waals surface area contributed by atoms with Crippen LogP contribution in [-0.4, -0.2) is 21.0 Å². The van der Waals surface area contributed by atoms with E-state index >= 15 is 0 Å². The molecule has 0 aliphatic carbocycles. The molecule has 0 spiro atoms. The van der Waals surface area contributed by atoms with Gasteiger partial charge in [0.05, 0.1) is 0 Å². The number of rotatable bonds is 10. The maximum Gasteiger partial charge on any atom is 0.228 e. The predicted octanol–water partition coefficient (Wildman–Crippen LogP) is 5.84. The third kappa shape index (κ3) is 11.0. The Morgan fingerprint density at radius 1 is 1.11 bits per heavy atom. The second-order valence-corrected chi connectivity index (χ2v) is 9.31. The Morgan fingerprint density at radius 2 is 1.78 bits per heavy atom. The van der Waals surface area contributed by atoms with Crippen LogP contribution in [0.25, 0.3) is 0 Å². The molecule has 8 heteroatoms. The first-order valence-corrected chi connectivity index (χ1v) is 10.8. The van der Waals surface area contributed by atoms with Gasteiger partial charge in [-0.25, -0.2) is 0 Å². The molecule has 4 nitrogen and oxygen atoms in total. The lowest BCUT2D eigenvalue weighted by atomic mass is 10.1. The molecule has 1 aromatic rings. The van der Waals surface area contributed by atoms with Gasteiger partial charge in [-0.05, 0) is 43.3 Å². The highest BCUT2D eigenvalue weighted by Gasteiger charge is 2.34. The molecule has 27 heavy (non-hydrogen) atoms. The van der Waals surface area contributed by atoms with Crippen molar-refractivity contribution in [3.63, 3.8) is 0 Å². The van der Waals surface area contributed by atoms with Gasteiger partial charge in [0, 0.05) is 12.1 Å². The molecule has 1 aromatic carbocycles. The van der Waals surface area contributed by atoms with E-state index in [0.29, 0.717) is 6.42 Å². The number of aryl methyl sites for hydroxylation is 1. The predicted molar refractivity (Wildman–Crippen MR) is 121 cm³/mol. The minimum atomic E-state index is -1.74. The standard InChI is InChI=1S/C19H28Cl3N3OS/c1-3-4-5-6-7-8-12-16(26)24-17(19(20,21)22)25-18(27)23-15-11-9-10-14(2)13-15/h9-11,13,17H,3-8,12H2,1-2H3,(H,24,26)(H2,23,25,27). The Morgan fingerprint density at radius 3 is 2.41 bits per heavy atom. The first-order chi connectivity index (χ1) is 12.7. The van der Waals surface area contributed by atoms with E-state index in [1.54, 1.807) is 0 Å². The summed E-state index contributed by atoms with van der Waals surface area (Å²) in [6.45, 7) is 4.16. The number of thiocarbonyl (C=S) groups is 1. The number of alkyl halides is 3. The highest BCUT2D eigenvalue weighted by Crippen LogP contribution is 2.29. The van der Waals surface area contributed by atoms with Crippen LogP contribution in [0.4, 0.5) is 5.69 Å². The molecule has 0 fully saturated rings. The molecule has 0 saturated heterocycles. The topological polar surface area (TPSA) is 53.2 Å². The van der Waals surface area contributed by atoms with Crippen molar-refractivity contribution < 1.29 is 4.79 Å². The fourth-order valence-electron chi connectivity index (χ4n) is 2.52. The van der Waals surface area contributed by atoms with Crippen molar-refractivity contribution >= 4 is 63.7 Å². The summed E-state index contributed by atoms with van der Waals surface area (Å²) >= 11 is 23.3. The second-order valence-electron chi connectivity index (χ2n) is 6.53. The van der Waals surface area contributed by atoms with Crippen molar-refractivity contribution in [2.24, 2.45) is 0 Å². The monoisotopic (exact) mass is 451 g/mol. The molecule has 1 amide bonds. The van der Waals surface area contributed by atoms with Crippen molar-refractivity contribution in [3.8, 4) is 0 Å². The van der Waals surface area contributed by atoms with Crippen LogP contribution in [-0.2, 0) is 4.79 Å². The third-order valence-corrected chi connectivity index (χ3v) is 4.82. The lowest BCUT2D eigenvalue weighted by molar-refractivity contribution is -0.122. The molecular weight excluding hydrogens is 425 g/mol. The van der Waals surface area contributed by atoms with Crippen LogP contribution in [0.3, 0.4) is 0 Å². The summed E-state index contributed by atoms with van der Waals surface area (Å²) in [6, 6.07) is 7.71. The number of hydrogen-bond donors (Lipinski definition) is 3. The molecule has 0 saturated carbocycles. The molecular formula is C19H28Cl3N3OS. The van der Waals surface area contributed by atoms with E-state index < -0.39 is 9.96 Å². The molecule has 152 valence electrons. The van der Waals surface area contributed by atoms with Gasteiger partial charge in [0.25, 0.3) is 0 Å². The molecule has 1 unspecified atom stereocenters. The summed E-state index contributed by atoms with van der Waals surface area (Å²) in [7, 11) is 0. The van der Waals surface area contributed by atoms with Gasteiger partial charge in [0.2, 0.25) is 9.70 Å². The summed E-state index contributed by atoms with van der Waals surface area (Å²) in [6.07, 6.45) is 6.07. The number of carbonyl (C=O) groups is 1. The summed E-state index contributed by atoms with van der Waals surface area (Å²) in [5, 5.41) is 8.86. The molecule has 0 bridgehead atoms. The summed E-state index contributed by atoms with van der Waals surface area (Å²) in [5.74, 6) is -0.173. The zero-order chi connectivity index (χ0) is 20.3. The van der Waals surface area contributed by atoms with Crippen LogP contribution in [0, 0.1) is 6.92 Å². The lowest BCUT2D eigenvalue weighted by Crippen LogP contribution is -2.56. The van der Waals surface area contributed by atoms with Crippen molar-refractivity contribution in [1.29, 1.82) is 0 Å². The minimum Gasteiger partial charge on any atom is -0.339 e. The Balaban J connectivity index is 2.48. The quantitative estimate of drug-likeness (QED) is 0.180. The van der Waals surface area contributed by atoms with Crippen molar-refractivity contribution in [2.45, 2.75) is 68.8 Å². The number of hydrogen-bond acceptors (Lipinski definition) is 2. The number of halogens is 3. The molecule has 0 radical (unpaired) electrons. The lowest BCUT2D eigenvalue weighted by Gasteiger charge is -2.27. The van der Waals surface area contributed by atoms with Crippen molar-refractivity contribution in [3.05, 3.63) is 29.8 Å². The van der Waals surface area contributed by atoms with Gasteiger partial charge >= 0.3 is 0 Å². The molecule has 0 aromatic heterocycles. The van der Waals surface area contributed by atoms with Crippen LogP contribution in [0.15, 0.2) is 24.3 Å². The van der Waals surface area contributed by atoms with Gasteiger partial charge in [-0.2, -0.15) is 0 Å². The van der Waals surface area contributed by atoms with Crippen LogP contribution in [0.1, 0.15) is 57.4 Å². The first kappa shape index (κ1) is 24.3. The minimum absolute atomic E-state index is 0.173. The maximum absolute atomic E-state index is 12.2. The fraction of sp³-hybridized carbons (Fsp3) is 0.579. The van der Waals surface area contributed by atoms with Gasteiger partial charge in [0.1, 0.15) is 6.17 Å². The summed E-state index contributed by atoms with van der Waals surface area (Å²) in [5.41, 5.74) is 1.90. The zero-order valence-corrected chi connectivity index (χ0v) is 18.9. The summed E-state index contributed by atoms with van der Waals surface area (Å²) < 4.78 is -1.74. The molecule has 1 atom stereocenters. The van der Waals surface area contributed by atoms with E-state index in [9.17, 15) is 4.79 Å². The van der Waals surface area contributed by atoms with Gasteiger partial charge < -0.3 is 16.0 Å². The highest BCUT2D eigenvalue weighted by atomic mass is 35.6. The maximum atomic E-state index is 12.2. The number of carbonyl (C=O) groups excluding carboxylic acids is 1. The van der Waals surface area contributed by atoms with E-state index in [1.807, 2.05) is 31.2 Å². The van der Waals surface area contributed by atoms with E-state index in [0.717, 1.165) is 30.5 Å². The van der Waals surface area contributed by atoms with Gasteiger partial charge in [-0.15, -0.1) is 0 Å². The third-order valence-electron chi connectivity index (χ3n) is 3.94. The molecule has 0 aliphatic heterocycles. The number of anilines is 1. The Hall–Kier alpha value is -0.750. The number of unbranched alkanes of at least 4 members (excludes halogenated alkanes) is 5. The first-order valence-electron chi connectivity index (χ1n) is 9.22. The Bertz CT molecular complexity index is 608. The molecule has 1 rings (SSSR count). The SMILES string of the molecule is CCCCCCCCC(=O)NC(NC(=S)Nc1cccc(C)c1)C(Cl)(Cl)Cl. The highest BCUT2D eigenvalue weighted by molar-refractivity contribution is 7.80. The van der Waals surface area contributed by atoms with E-state index in [2.05, 4.69) is 22.9 Å². The normalized spacial score (nSPS) is 12.3. The molecule has 0 aliphatic rings. The van der Waals surface area contributed by atoms with Crippen molar-refractivity contribution in [1.82, 2.24) is 10.6 Å². The summed E-state index contributed by atoms with van der Waals surface area (Å²) in [4.78, 5) is 12.2. The van der Waals surface area contributed by atoms with Gasteiger partial charge in [-0.3, -0.25) is 4.79 Å². The Kier molecular flexibility index (Phi) is 11.4. The van der Waals surface area contributed by atoms with Gasteiger partial charge in [-0.1, -0.05) is 86.0 Å². The van der Waals surface area contributed by atoms with Crippen LogP contribution in [0.5, 0.6) is 0 Å². The number of nitrogens with one attached hydrogen (secondary N) is 3. The Labute approximate surface area is 182 Å². The fourth-order valence-corrected chi connectivity index (χ4v) is 3.08. The van der Waals surface area contributed by atoms with E-state index in [4.69, 9.17) is 47.0 Å². The van der Waals surface area contributed by atoms with Gasteiger partial charge in [0.15, 0.2) is 5.11 Å². The largest absolute Gasteiger partial charge is 0.339 e.